The quantitative estimate of drug-likeness (QED) is 0.774. The predicted molar refractivity (Wildman–Crippen MR) is 63.7 cm³/mol. The summed E-state index contributed by atoms with van der Waals surface area (Å²) in [5, 5.41) is 4.31. The molecule has 0 unspecified atom stereocenters. The summed E-state index contributed by atoms with van der Waals surface area (Å²) in [5.41, 5.74) is 7.67. The van der Waals surface area contributed by atoms with E-state index in [9.17, 15) is 0 Å². The van der Waals surface area contributed by atoms with Crippen molar-refractivity contribution in [2.75, 3.05) is 6.54 Å². The van der Waals surface area contributed by atoms with Gasteiger partial charge in [0.2, 0.25) is 0 Å². The van der Waals surface area contributed by atoms with Gasteiger partial charge in [-0.3, -0.25) is 9.67 Å². The van der Waals surface area contributed by atoms with E-state index in [1.807, 2.05) is 35.4 Å². The lowest BCUT2D eigenvalue weighted by Gasteiger charge is -1.99. The van der Waals surface area contributed by atoms with Crippen molar-refractivity contribution < 1.29 is 0 Å². The molecule has 2 aromatic heterocycles. The molecule has 2 aromatic rings. The van der Waals surface area contributed by atoms with Gasteiger partial charge < -0.3 is 5.73 Å². The number of pyridine rings is 1. The summed E-state index contributed by atoms with van der Waals surface area (Å²) in [6, 6.07) is 3.97. The molecule has 0 aliphatic rings. The summed E-state index contributed by atoms with van der Waals surface area (Å²) >= 11 is 0. The van der Waals surface area contributed by atoms with Gasteiger partial charge >= 0.3 is 0 Å². The molecule has 16 heavy (non-hydrogen) atoms. The summed E-state index contributed by atoms with van der Waals surface area (Å²) in [7, 11) is 0. The highest BCUT2D eigenvalue weighted by Gasteiger charge is 2.00. The summed E-state index contributed by atoms with van der Waals surface area (Å²) < 4.78 is 1.96. The van der Waals surface area contributed by atoms with Crippen LogP contribution in [0.25, 0.3) is 11.1 Å². The van der Waals surface area contributed by atoms with Gasteiger partial charge in [-0.2, -0.15) is 5.10 Å². The van der Waals surface area contributed by atoms with Gasteiger partial charge in [0.15, 0.2) is 0 Å². The number of nitrogens with two attached hydrogens (primary N) is 1. The van der Waals surface area contributed by atoms with Crippen LogP contribution in [0.15, 0.2) is 36.9 Å². The van der Waals surface area contributed by atoms with E-state index in [4.69, 9.17) is 5.73 Å². The number of hydrogen-bond donors (Lipinski definition) is 1. The molecule has 84 valence electrons. The second kappa shape index (κ2) is 5.42. The first kappa shape index (κ1) is 10.8. The number of aryl methyl sites for hydroxylation is 1. The second-order valence-electron chi connectivity index (χ2n) is 3.73. The van der Waals surface area contributed by atoms with Gasteiger partial charge in [0.05, 0.1) is 6.20 Å². The first-order valence-corrected chi connectivity index (χ1v) is 5.53. The Morgan fingerprint density at radius 1 is 1.19 bits per heavy atom. The molecular weight excluding hydrogens is 200 g/mol. The molecule has 2 N–H and O–H groups in total. The lowest BCUT2D eigenvalue weighted by atomic mass is 10.2. The van der Waals surface area contributed by atoms with E-state index < -0.39 is 0 Å². The average molecular weight is 216 g/mol. The Labute approximate surface area is 95.1 Å². The fourth-order valence-electron chi connectivity index (χ4n) is 1.59. The number of rotatable bonds is 5. The van der Waals surface area contributed by atoms with E-state index >= 15 is 0 Å². The van der Waals surface area contributed by atoms with E-state index in [2.05, 4.69) is 10.1 Å². The minimum atomic E-state index is 0.747. The molecule has 0 aliphatic carbocycles. The van der Waals surface area contributed by atoms with E-state index in [1.54, 1.807) is 6.20 Å². The van der Waals surface area contributed by atoms with Crippen molar-refractivity contribution >= 4 is 0 Å². The molecule has 2 rings (SSSR count). The molecule has 0 spiro atoms. The van der Waals surface area contributed by atoms with E-state index in [0.29, 0.717) is 0 Å². The van der Waals surface area contributed by atoms with Crippen molar-refractivity contribution in [3.05, 3.63) is 36.9 Å². The van der Waals surface area contributed by atoms with Crippen LogP contribution in [0.2, 0.25) is 0 Å². The first-order valence-electron chi connectivity index (χ1n) is 5.53. The van der Waals surface area contributed by atoms with Crippen LogP contribution in [0.3, 0.4) is 0 Å². The van der Waals surface area contributed by atoms with Gasteiger partial charge in [-0.25, -0.2) is 0 Å². The topological polar surface area (TPSA) is 56.7 Å². The standard InChI is InChI=1S/C12H16N4/c13-5-1-2-7-16-10-12(9-15-16)11-4-3-6-14-8-11/h3-4,6,8-10H,1-2,5,7,13H2. The van der Waals surface area contributed by atoms with Gasteiger partial charge in [0.1, 0.15) is 0 Å². The van der Waals surface area contributed by atoms with E-state index in [-0.39, 0.29) is 0 Å². The molecule has 0 radical (unpaired) electrons. The number of hydrogen-bond acceptors (Lipinski definition) is 3. The zero-order chi connectivity index (χ0) is 11.2. The molecule has 0 aliphatic heterocycles. The van der Waals surface area contributed by atoms with E-state index in [0.717, 1.165) is 37.1 Å². The first-order chi connectivity index (χ1) is 7.90. The molecule has 4 heteroatoms. The fourth-order valence-corrected chi connectivity index (χ4v) is 1.59. The van der Waals surface area contributed by atoms with Crippen LogP contribution in [0.4, 0.5) is 0 Å². The monoisotopic (exact) mass is 216 g/mol. The van der Waals surface area contributed by atoms with Crippen LogP contribution in [0.5, 0.6) is 0 Å². The summed E-state index contributed by atoms with van der Waals surface area (Å²) in [4.78, 5) is 4.09. The van der Waals surface area contributed by atoms with Crippen molar-refractivity contribution in [1.82, 2.24) is 14.8 Å². The van der Waals surface area contributed by atoms with Crippen molar-refractivity contribution in [2.24, 2.45) is 5.73 Å². The third kappa shape index (κ3) is 2.67. The van der Waals surface area contributed by atoms with Crippen LogP contribution >= 0.6 is 0 Å². The van der Waals surface area contributed by atoms with Crippen molar-refractivity contribution in [3.63, 3.8) is 0 Å². The maximum Gasteiger partial charge on any atom is 0.0568 e. The summed E-state index contributed by atoms with van der Waals surface area (Å²) in [5.74, 6) is 0. The summed E-state index contributed by atoms with van der Waals surface area (Å²) in [6.07, 6.45) is 9.66. The minimum absolute atomic E-state index is 0.747. The molecule has 0 saturated carbocycles. The van der Waals surface area contributed by atoms with Crippen LogP contribution in [0.1, 0.15) is 12.8 Å². The lowest BCUT2D eigenvalue weighted by Crippen LogP contribution is -2.03. The fraction of sp³-hybridized carbons (Fsp3) is 0.333. The molecule has 0 fully saturated rings. The Morgan fingerprint density at radius 3 is 2.88 bits per heavy atom. The molecule has 0 saturated heterocycles. The maximum atomic E-state index is 5.45. The van der Waals surface area contributed by atoms with Crippen molar-refractivity contribution in [2.45, 2.75) is 19.4 Å². The van der Waals surface area contributed by atoms with Gasteiger partial charge in [-0.15, -0.1) is 0 Å². The maximum absolute atomic E-state index is 5.45. The molecule has 2 heterocycles. The van der Waals surface area contributed by atoms with Crippen LogP contribution in [-0.4, -0.2) is 21.3 Å². The third-order valence-electron chi connectivity index (χ3n) is 2.47. The van der Waals surface area contributed by atoms with Gasteiger partial charge in [0.25, 0.3) is 0 Å². The minimum Gasteiger partial charge on any atom is -0.330 e. The SMILES string of the molecule is NCCCCn1cc(-c2cccnc2)cn1. The lowest BCUT2D eigenvalue weighted by molar-refractivity contribution is 0.561. The van der Waals surface area contributed by atoms with Gasteiger partial charge in [-0.05, 0) is 25.5 Å². The number of aromatic nitrogens is 3. The van der Waals surface area contributed by atoms with Crippen molar-refractivity contribution in [1.29, 1.82) is 0 Å². The highest BCUT2D eigenvalue weighted by molar-refractivity contribution is 5.60. The Kier molecular flexibility index (Phi) is 3.66. The zero-order valence-corrected chi connectivity index (χ0v) is 9.21. The Hall–Kier alpha value is -1.68. The van der Waals surface area contributed by atoms with E-state index in [1.165, 1.54) is 0 Å². The molecule has 0 atom stereocenters. The predicted octanol–water partition coefficient (Wildman–Crippen LogP) is 1.68. The molecule has 4 nitrogen and oxygen atoms in total. The average Bonchev–Trinajstić information content (AvgIpc) is 2.79. The van der Waals surface area contributed by atoms with Gasteiger partial charge in [0, 0.05) is 36.3 Å². The Balaban J connectivity index is 2.02. The third-order valence-corrected chi connectivity index (χ3v) is 2.47. The normalized spacial score (nSPS) is 10.6. The van der Waals surface area contributed by atoms with Crippen molar-refractivity contribution in [3.8, 4) is 11.1 Å². The molecule has 0 amide bonds. The molecule has 0 aromatic carbocycles. The molecular formula is C12H16N4. The zero-order valence-electron chi connectivity index (χ0n) is 9.21. The highest BCUT2D eigenvalue weighted by atomic mass is 15.3. The van der Waals surface area contributed by atoms with Crippen LogP contribution < -0.4 is 5.73 Å². The highest BCUT2D eigenvalue weighted by Crippen LogP contribution is 2.16. The largest absolute Gasteiger partial charge is 0.330 e. The Morgan fingerprint density at radius 2 is 2.12 bits per heavy atom. The second-order valence-corrected chi connectivity index (χ2v) is 3.73. The van der Waals surface area contributed by atoms with Crippen LogP contribution in [-0.2, 0) is 6.54 Å². The smallest absolute Gasteiger partial charge is 0.0568 e. The number of nitrogens with zero attached hydrogens (tertiary/aromatic N) is 3. The summed E-state index contributed by atoms with van der Waals surface area (Å²) in [6.45, 7) is 1.67. The Bertz CT molecular complexity index is 422. The number of unbranched alkanes of at least 4 members (excludes halogenated alkanes) is 1. The molecule has 0 bridgehead atoms. The van der Waals surface area contributed by atoms with Crippen LogP contribution in [0, 0.1) is 0 Å². The van der Waals surface area contributed by atoms with Gasteiger partial charge in [-0.1, -0.05) is 6.07 Å².